The van der Waals surface area contributed by atoms with Gasteiger partial charge in [0.15, 0.2) is 0 Å². The van der Waals surface area contributed by atoms with Crippen LogP contribution in [0.2, 0.25) is 0 Å². The Kier molecular flexibility index (Phi) is 8.59. The van der Waals surface area contributed by atoms with Gasteiger partial charge < -0.3 is 15.3 Å². The van der Waals surface area contributed by atoms with Gasteiger partial charge in [-0.05, 0) is 72.7 Å². The summed E-state index contributed by atoms with van der Waals surface area (Å²) in [6.07, 6.45) is 0. The molecule has 0 aromatic heterocycles. The van der Waals surface area contributed by atoms with Gasteiger partial charge in [-0.25, -0.2) is 0 Å². The molecule has 0 radical (unpaired) electrons. The van der Waals surface area contributed by atoms with Crippen molar-refractivity contribution in [3.05, 3.63) is 89.0 Å². The molecule has 0 bridgehead atoms. The van der Waals surface area contributed by atoms with Crippen molar-refractivity contribution >= 4 is 0 Å². The molecule has 0 atom stereocenters. The van der Waals surface area contributed by atoms with E-state index in [-0.39, 0.29) is 5.41 Å². The molecule has 3 N–H and O–H groups in total. The smallest absolute Gasteiger partial charge is 0.119 e. The number of benzene rings is 3. The topological polar surface area (TPSA) is 60.7 Å². The second-order valence-electron chi connectivity index (χ2n) is 7.90. The molecule has 0 aliphatic heterocycles. The summed E-state index contributed by atoms with van der Waals surface area (Å²) in [5.41, 5.74) is 4.14. The Balaban J connectivity index is 0.000000217. The van der Waals surface area contributed by atoms with Crippen LogP contribution in [0.1, 0.15) is 43.0 Å². The third kappa shape index (κ3) is 8.17. The number of hydrogen-bond acceptors (Lipinski definition) is 3. The largest absolute Gasteiger partial charge is 0.508 e. The lowest BCUT2D eigenvalue weighted by atomic mass is 9.86. The lowest BCUT2D eigenvalue weighted by Gasteiger charge is -2.20. The molecule has 3 heteroatoms. The van der Waals surface area contributed by atoms with Crippen molar-refractivity contribution in [1.82, 2.24) is 0 Å². The van der Waals surface area contributed by atoms with Crippen LogP contribution in [-0.4, -0.2) is 15.3 Å². The molecule has 0 aliphatic rings. The van der Waals surface area contributed by atoms with Crippen molar-refractivity contribution in [2.45, 2.75) is 47.0 Å². The number of aryl methyl sites for hydroxylation is 3. The minimum absolute atomic E-state index is 0.0256. The third-order valence-corrected chi connectivity index (χ3v) is 4.08. The minimum Gasteiger partial charge on any atom is -0.508 e. The van der Waals surface area contributed by atoms with Crippen LogP contribution in [0.4, 0.5) is 0 Å². The molecule has 28 heavy (non-hydrogen) atoms. The van der Waals surface area contributed by atoms with Crippen molar-refractivity contribution in [2.75, 3.05) is 0 Å². The molecule has 0 saturated heterocycles. The zero-order valence-corrected chi connectivity index (χ0v) is 17.7. The second kappa shape index (κ2) is 10.4. The summed E-state index contributed by atoms with van der Waals surface area (Å²) in [6, 6.07) is 20.2. The SMILES string of the molecule is Cc1ccc(C(C)(C)C)c(O)c1.Cc1cccc(O)c1.Cc1ccccc1O. The molecule has 0 amide bonds. The van der Waals surface area contributed by atoms with Gasteiger partial charge >= 0.3 is 0 Å². The van der Waals surface area contributed by atoms with Crippen LogP contribution in [0.15, 0.2) is 66.7 Å². The van der Waals surface area contributed by atoms with Gasteiger partial charge in [-0.3, -0.25) is 0 Å². The van der Waals surface area contributed by atoms with E-state index in [1.165, 1.54) is 0 Å². The summed E-state index contributed by atoms with van der Waals surface area (Å²) >= 11 is 0. The number of aromatic hydroxyl groups is 3. The van der Waals surface area contributed by atoms with Crippen LogP contribution in [0.25, 0.3) is 0 Å². The monoisotopic (exact) mass is 380 g/mol. The van der Waals surface area contributed by atoms with Crippen LogP contribution in [0.5, 0.6) is 17.2 Å². The van der Waals surface area contributed by atoms with Crippen molar-refractivity contribution < 1.29 is 15.3 Å². The fourth-order valence-electron chi connectivity index (χ4n) is 2.47. The van der Waals surface area contributed by atoms with E-state index >= 15 is 0 Å². The zero-order chi connectivity index (χ0) is 21.3. The molecular formula is C25H32O3. The van der Waals surface area contributed by atoms with Crippen LogP contribution in [-0.2, 0) is 5.41 Å². The molecule has 150 valence electrons. The van der Waals surface area contributed by atoms with E-state index in [1.54, 1.807) is 24.3 Å². The first-order valence-corrected chi connectivity index (χ1v) is 9.31. The van der Waals surface area contributed by atoms with Crippen molar-refractivity contribution in [3.8, 4) is 17.2 Å². The maximum Gasteiger partial charge on any atom is 0.119 e. The zero-order valence-electron chi connectivity index (χ0n) is 17.7. The lowest BCUT2D eigenvalue weighted by molar-refractivity contribution is 0.446. The van der Waals surface area contributed by atoms with Crippen LogP contribution in [0, 0.1) is 20.8 Å². The quantitative estimate of drug-likeness (QED) is 0.423. The van der Waals surface area contributed by atoms with E-state index in [4.69, 9.17) is 10.2 Å². The van der Waals surface area contributed by atoms with E-state index in [2.05, 4.69) is 20.8 Å². The maximum absolute atomic E-state index is 9.63. The summed E-state index contributed by atoms with van der Waals surface area (Å²) in [5, 5.41) is 27.4. The van der Waals surface area contributed by atoms with E-state index in [9.17, 15) is 5.11 Å². The standard InChI is InChI=1S/C11H16O.2C7H8O/c1-8-5-6-9(10(12)7-8)11(2,3)4;1-6-3-2-4-7(8)5-6;1-6-4-2-3-5-7(6)8/h5-7,12H,1-4H3;2*2-5,8H,1H3. The van der Waals surface area contributed by atoms with E-state index < -0.39 is 0 Å². The van der Waals surface area contributed by atoms with Crippen LogP contribution < -0.4 is 0 Å². The van der Waals surface area contributed by atoms with Gasteiger partial charge in [0.05, 0.1) is 0 Å². The molecule has 0 heterocycles. The van der Waals surface area contributed by atoms with Gasteiger partial charge in [0, 0.05) is 0 Å². The fourth-order valence-corrected chi connectivity index (χ4v) is 2.47. The second-order valence-corrected chi connectivity index (χ2v) is 7.90. The van der Waals surface area contributed by atoms with E-state index in [0.29, 0.717) is 17.2 Å². The number of rotatable bonds is 0. The van der Waals surface area contributed by atoms with Gasteiger partial charge in [-0.15, -0.1) is 0 Å². The maximum atomic E-state index is 9.63. The molecule has 3 nitrogen and oxygen atoms in total. The molecule has 0 aliphatic carbocycles. The Morgan fingerprint density at radius 1 is 0.607 bits per heavy atom. The Morgan fingerprint density at radius 3 is 1.61 bits per heavy atom. The molecule has 3 aromatic rings. The number of hydrogen-bond donors (Lipinski definition) is 3. The Labute approximate surface area is 168 Å². The highest BCUT2D eigenvalue weighted by atomic mass is 16.3. The first-order chi connectivity index (χ1) is 13.0. The predicted octanol–water partition coefficient (Wildman–Crippen LogP) is 6.40. The van der Waals surface area contributed by atoms with E-state index in [1.807, 2.05) is 63.2 Å². The predicted molar refractivity (Wildman–Crippen MR) is 117 cm³/mol. The molecular weight excluding hydrogens is 348 g/mol. The summed E-state index contributed by atoms with van der Waals surface area (Å²) < 4.78 is 0. The number of para-hydroxylation sites is 1. The summed E-state index contributed by atoms with van der Waals surface area (Å²) in [6.45, 7) is 12.1. The average Bonchev–Trinajstić information content (AvgIpc) is 2.57. The molecule has 0 unspecified atom stereocenters. The fraction of sp³-hybridized carbons (Fsp3) is 0.280. The van der Waals surface area contributed by atoms with Gasteiger partial charge in [0.25, 0.3) is 0 Å². The highest BCUT2D eigenvalue weighted by molar-refractivity contribution is 5.40. The molecule has 3 rings (SSSR count). The van der Waals surface area contributed by atoms with Gasteiger partial charge in [0.1, 0.15) is 17.2 Å². The van der Waals surface area contributed by atoms with Crippen molar-refractivity contribution in [3.63, 3.8) is 0 Å². The summed E-state index contributed by atoms with van der Waals surface area (Å²) in [5.74, 6) is 1.11. The Hall–Kier alpha value is -2.94. The van der Waals surface area contributed by atoms with E-state index in [0.717, 1.165) is 22.3 Å². The first kappa shape index (κ1) is 23.1. The van der Waals surface area contributed by atoms with Crippen LogP contribution >= 0.6 is 0 Å². The Morgan fingerprint density at radius 2 is 1.21 bits per heavy atom. The molecule has 0 spiro atoms. The molecule has 0 saturated carbocycles. The highest BCUT2D eigenvalue weighted by Gasteiger charge is 2.17. The van der Waals surface area contributed by atoms with Gasteiger partial charge in [0.2, 0.25) is 0 Å². The minimum atomic E-state index is 0.0256. The Bertz CT molecular complexity index is 839. The number of phenolic OH excluding ortho intramolecular Hbond substituents is 3. The summed E-state index contributed by atoms with van der Waals surface area (Å²) in [7, 11) is 0. The van der Waals surface area contributed by atoms with Crippen molar-refractivity contribution in [1.29, 1.82) is 0 Å². The number of phenols is 3. The summed E-state index contributed by atoms with van der Waals surface area (Å²) in [4.78, 5) is 0. The van der Waals surface area contributed by atoms with Crippen LogP contribution in [0.3, 0.4) is 0 Å². The van der Waals surface area contributed by atoms with Crippen molar-refractivity contribution in [2.24, 2.45) is 0 Å². The third-order valence-electron chi connectivity index (χ3n) is 4.08. The normalized spacial score (nSPS) is 10.2. The molecule has 3 aromatic carbocycles. The lowest BCUT2D eigenvalue weighted by Crippen LogP contribution is -2.11. The first-order valence-electron chi connectivity index (χ1n) is 9.31. The molecule has 0 fully saturated rings. The van der Waals surface area contributed by atoms with Gasteiger partial charge in [-0.1, -0.05) is 63.2 Å². The van der Waals surface area contributed by atoms with Gasteiger partial charge in [-0.2, -0.15) is 0 Å². The average molecular weight is 381 g/mol. The highest BCUT2D eigenvalue weighted by Crippen LogP contribution is 2.30.